The van der Waals surface area contributed by atoms with E-state index in [1.165, 1.54) is 23.1 Å². The quantitative estimate of drug-likeness (QED) is 0.240. The highest BCUT2D eigenvalue weighted by atomic mass is 35.5. The Kier molecular flexibility index (Phi) is 7.07. The third kappa shape index (κ3) is 4.98. The first-order chi connectivity index (χ1) is 19.2. The van der Waals surface area contributed by atoms with E-state index >= 15 is 0 Å². The Morgan fingerprint density at radius 2 is 2.02 bits per heavy atom. The Hall–Kier alpha value is -3.38. The molecule has 1 aliphatic heterocycles. The minimum absolute atomic E-state index is 0.104. The van der Waals surface area contributed by atoms with Gasteiger partial charge in [-0.05, 0) is 68.8 Å². The molecule has 0 bridgehead atoms. The number of aromatic nitrogens is 4. The van der Waals surface area contributed by atoms with E-state index in [1.54, 1.807) is 34.9 Å². The molecule has 0 radical (unpaired) electrons. The summed E-state index contributed by atoms with van der Waals surface area (Å²) in [5.74, 6) is 1.01. The maximum absolute atomic E-state index is 14.1. The molecule has 2 aromatic carbocycles. The van der Waals surface area contributed by atoms with E-state index in [0.717, 1.165) is 21.0 Å². The fraction of sp³-hybridized carbons (Fsp3) is 0.286. The van der Waals surface area contributed by atoms with Crippen molar-refractivity contribution in [3.8, 4) is 11.4 Å². The van der Waals surface area contributed by atoms with Crippen LogP contribution in [0, 0.1) is 0 Å². The van der Waals surface area contributed by atoms with Crippen molar-refractivity contribution in [2.45, 2.75) is 44.6 Å². The third-order valence-corrected chi connectivity index (χ3v) is 8.91. The highest BCUT2D eigenvalue weighted by Crippen LogP contribution is 2.39. The summed E-state index contributed by atoms with van der Waals surface area (Å²) in [6, 6.07) is 14.3. The Morgan fingerprint density at radius 1 is 1.23 bits per heavy atom. The summed E-state index contributed by atoms with van der Waals surface area (Å²) in [5, 5.41) is 13.3. The van der Waals surface area contributed by atoms with Gasteiger partial charge in [-0.25, -0.2) is 8.97 Å². The van der Waals surface area contributed by atoms with Crippen LogP contribution in [-0.4, -0.2) is 43.0 Å². The van der Waals surface area contributed by atoms with E-state index < -0.39 is 5.60 Å². The summed E-state index contributed by atoms with van der Waals surface area (Å²) in [7, 11) is 0. The van der Waals surface area contributed by atoms with Gasteiger partial charge in [-0.3, -0.25) is 9.59 Å². The number of thioether (sulfide) groups is 1. The second-order valence-electron chi connectivity index (χ2n) is 9.94. The van der Waals surface area contributed by atoms with Crippen LogP contribution >= 0.6 is 34.7 Å². The summed E-state index contributed by atoms with van der Waals surface area (Å²) in [5.41, 5.74) is 1.67. The van der Waals surface area contributed by atoms with Crippen molar-refractivity contribution in [2.75, 3.05) is 17.7 Å². The summed E-state index contributed by atoms with van der Waals surface area (Å²) in [4.78, 5) is 28.6. The maximum Gasteiger partial charge on any atom is 0.268 e. The second-order valence-corrected chi connectivity index (χ2v) is 12.4. The summed E-state index contributed by atoms with van der Waals surface area (Å²) < 4.78 is 14.9. The van der Waals surface area contributed by atoms with Gasteiger partial charge in [-0.15, -0.1) is 21.5 Å². The molecule has 3 aromatic heterocycles. The lowest BCUT2D eigenvalue weighted by atomic mass is 9.94. The van der Waals surface area contributed by atoms with Crippen LogP contribution in [0.15, 0.2) is 58.5 Å². The zero-order valence-corrected chi connectivity index (χ0v) is 24.5. The molecule has 1 N–H and O–H groups in total. The Balaban J connectivity index is 1.41. The van der Waals surface area contributed by atoms with Crippen molar-refractivity contribution in [2.24, 2.45) is 0 Å². The van der Waals surface area contributed by atoms with E-state index in [-0.39, 0.29) is 17.2 Å². The van der Waals surface area contributed by atoms with Crippen LogP contribution in [0.4, 0.5) is 5.69 Å². The molecule has 0 fully saturated rings. The molecule has 0 saturated carbocycles. The van der Waals surface area contributed by atoms with Crippen LogP contribution < -0.4 is 15.6 Å². The third-order valence-electron chi connectivity index (χ3n) is 6.55. The molecule has 5 aromatic rings. The topological polar surface area (TPSA) is 99.7 Å². The highest BCUT2D eigenvalue weighted by Gasteiger charge is 2.32. The smallest absolute Gasteiger partial charge is 0.268 e. The van der Waals surface area contributed by atoms with Gasteiger partial charge >= 0.3 is 0 Å². The number of rotatable bonds is 7. The molecule has 40 heavy (non-hydrogen) atoms. The largest absolute Gasteiger partial charge is 0.494 e. The minimum Gasteiger partial charge on any atom is -0.494 e. The normalized spacial score (nSPS) is 14.4. The lowest BCUT2D eigenvalue weighted by molar-refractivity contribution is -0.113. The van der Waals surface area contributed by atoms with Crippen molar-refractivity contribution >= 4 is 62.3 Å². The van der Waals surface area contributed by atoms with Crippen LogP contribution in [0.2, 0.25) is 5.02 Å². The van der Waals surface area contributed by atoms with E-state index in [0.29, 0.717) is 52.4 Å². The standard InChI is InChI=1S/C28H26ClN5O4S2/c1-4-37-19-10-8-17(9-11-19)30-22(35)15-39-27-32-31-26-33(18-7-5-6-16(29)12-18)24(36)23-20-13-28(2,3)38-14-21(20)40-25(23)34(26)27/h5-12H,4,13-15H2,1-3H3,(H,30,35). The Bertz CT molecular complexity index is 1810. The predicted molar refractivity (Wildman–Crippen MR) is 159 cm³/mol. The number of hydrogen-bond acceptors (Lipinski definition) is 8. The predicted octanol–water partition coefficient (Wildman–Crippen LogP) is 5.73. The minimum atomic E-state index is -0.396. The van der Waals surface area contributed by atoms with Gasteiger partial charge in [0.2, 0.25) is 11.7 Å². The van der Waals surface area contributed by atoms with Gasteiger partial charge < -0.3 is 14.8 Å². The first-order valence-corrected chi connectivity index (χ1v) is 14.9. The molecule has 0 aliphatic carbocycles. The van der Waals surface area contributed by atoms with E-state index in [1.807, 2.05) is 43.4 Å². The van der Waals surface area contributed by atoms with Crippen LogP contribution in [0.5, 0.6) is 5.75 Å². The number of nitrogens with one attached hydrogen (secondary N) is 1. The van der Waals surface area contributed by atoms with Gasteiger partial charge in [-0.1, -0.05) is 29.4 Å². The number of halogens is 1. The SMILES string of the molecule is CCOc1ccc(NC(=O)CSc2nnc3n(-c4cccc(Cl)c4)c(=O)c4c5c(sc4n23)COC(C)(C)C5)cc1. The molecule has 6 rings (SSSR count). The van der Waals surface area contributed by atoms with Gasteiger partial charge in [-0.2, -0.15) is 0 Å². The first kappa shape index (κ1) is 26.8. The van der Waals surface area contributed by atoms with Gasteiger partial charge in [0.15, 0.2) is 5.16 Å². The zero-order chi connectivity index (χ0) is 28.0. The summed E-state index contributed by atoms with van der Waals surface area (Å²) in [6.45, 7) is 6.97. The number of anilines is 1. The van der Waals surface area contributed by atoms with Crippen molar-refractivity contribution in [1.82, 2.24) is 19.2 Å². The lowest BCUT2D eigenvalue weighted by Gasteiger charge is -2.29. The molecule has 1 amide bonds. The van der Waals surface area contributed by atoms with Crippen LogP contribution in [-0.2, 0) is 22.6 Å². The number of amides is 1. The number of nitrogens with zero attached hydrogens (tertiary/aromatic N) is 4. The fourth-order valence-corrected chi connectivity index (χ4v) is 6.97. The van der Waals surface area contributed by atoms with Gasteiger partial charge in [0.05, 0.1) is 35.6 Å². The van der Waals surface area contributed by atoms with E-state index in [2.05, 4.69) is 15.5 Å². The van der Waals surface area contributed by atoms with E-state index in [4.69, 9.17) is 21.1 Å². The molecule has 0 saturated heterocycles. The molecule has 12 heteroatoms. The Morgan fingerprint density at radius 3 is 2.77 bits per heavy atom. The number of benzene rings is 2. The number of fused-ring (bicyclic) bond motifs is 5. The van der Waals surface area contributed by atoms with Crippen LogP contribution in [0.3, 0.4) is 0 Å². The average Bonchev–Trinajstić information content (AvgIpc) is 3.50. The van der Waals surface area contributed by atoms with Crippen LogP contribution in [0.1, 0.15) is 31.2 Å². The van der Waals surface area contributed by atoms with Crippen molar-refractivity contribution in [1.29, 1.82) is 0 Å². The van der Waals surface area contributed by atoms with Gasteiger partial charge in [0, 0.05) is 22.0 Å². The summed E-state index contributed by atoms with van der Waals surface area (Å²) in [6.07, 6.45) is 0.605. The lowest BCUT2D eigenvalue weighted by Crippen LogP contribution is -2.32. The molecular weight excluding hydrogens is 570 g/mol. The highest BCUT2D eigenvalue weighted by molar-refractivity contribution is 7.99. The first-order valence-electron chi connectivity index (χ1n) is 12.7. The molecule has 0 unspecified atom stereocenters. The van der Waals surface area contributed by atoms with Crippen molar-refractivity contribution in [3.05, 3.63) is 74.3 Å². The zero-order valence-electron chi connectivity index (χ0n) is 22.1. The number of carbonyl (C=O) groups excluding carboxylic acids is 1. The molecule has 206 valence electrons. The van der Waals surface area contributed by atoms with Crippen molar-refractivity contribution in [3.63, 3.8) is 0 Å². The number of thiophene rings is 1. The van der Waals surface area contributed by atoms with Gasteiger partial charge in [0.1, 0.15) is 10.6 Å². The average molecular weight is 596 g/mol. The summed E-state index contributed by atoms with van der Waals surface area (Å²) >= 11 is 9.06. The fourth-order valence-electron chi connectivity index (χ4n) is 4.77. The maximum atomic E-state index is 14.1. The monoisotopic (exact) mass is 595 g/mol. The Labute approximate surface area is 243 Å². The number of ether oxygens (including phenoxy) is 2. The number of carbonyl (C=O) groups is 1. The van der Waals surface area contributed by atoms with Crippen LogP contribution in [0.25, 0.3) is 21.7 Å². The molecule has 4 heterocycles. The molecule has 0 atom stereocenters. The molecule has 9 nitrogen and oxygen atoms in total. The second kappa shape index (κ2) is 10.5. The van der Waals surface area contributed by atoms with Crippen molar-refractivity contribution < 1.29 is 14.3 Å². The van der Waals surface area contributed by atoms with Gasteiger partial charge in [0.25, 0.3) is 5.56 Å². The van der Waals surface area contributed by atoms with E-state index in [9.17, 15) is 9.59 Å². The molecule has 0 spiro atoms. The number of hydrogen-bond donors (Lipinski definition) is 1. The molecular formula is C28H26ClN5O4S2. The molecule has 1 aliphatic rings.